The first-order valence-electron chi connectivity index (χ1n) is 8.34. The molecule has 0 bridgehead atoms. The lowest BCUT2D eigenvalue weighted by Gasteiger charge is -2.28. The van der Waals surface area contributed by atoms with Gasteiger partial charge in [0.05, 0.1) is 17.9 Å². The van der Waals surface area contributed by atoms with Gasteiger partial charge in [-0.2, -0.15) is 4.37 Å². The standard InChI is InChI=1S/C20H16FNO4S/c1-12-17(11-27-22-12)19(23)24-9-14-7-16(21)8-15-10-25-20(26-18(14)15)13-5-3-2-4-6-13/h2-8,11,20H,9-10H2,1H3. The Bertz CT molecular complexity index is 973. The topological polar surface area (TPSA) is 57.7 Å². The van der Waals surface area contributed by atoms with E-state index in [0.717, 1.165) is 5.56 Å². The SMILES string of the molecule is Cc1nscc1C(=O)OCc1cc(F)cc2c1OC(c1ccccc1)OC2. The minimum atomic E-state index is -0.595. The monoisotopic (exact) mass is 385 g/mol. The van der Waals surface area contributed by atoms with Gasteiger partial charge in [-0.15, -0.1) is 0 Å². The molecule has 3 aromatic rings. The van der Waals surface area contributed by atoms with E-state index >= 15 is 0 Å². The zero-order valence-electron chi connectivity index (χ0n) is 14.5. The Hall–Kier alpha value is -2.77. The van der Waals surface area contributed by atoms with Gasteiger partial charge in [-0.25, -0.2) is 9.18 Å². The molecule has 1 unspecified atom stereocenters. The van der Waals surface area contributed by atoms with Gasteiger partial charge in [0.25, 0.3) is 0 Å². The average Bonchev–Trinajstić information content (AvgIpc) is 3.12. The molecule has 138 valence electrons. The van der Waals surface area contributed by atoms with Crippen molar-refractivity contribution < 1.29 is 23.4 Å². The molecule has 5 nitrogen and oxygen atoms in total. The van der Waals surface area contributed by atoms with Crippen molar-refractivity contribution in [3.63, 3.8) is 0 Å². The quantitative estimate of drug-likeness (QED) is 0.617. The number of esters is 1. The van der Waals surface area contributed by atoms with Crippen LogP contribution in [0.15, 0.2) is 47.8 Å². The summed E-state index contributed by atoms with van der Waals surface area (Å²) in [6.45, 7) is 1.85. The van der Waals surface area contributed by atoms with Gasteiger partial charge < -0.3 is 14.2 Å². The van der Waals surface area contributed by atoms with E-state index in [0.29, 0.717) is 28.1 Å². The highest BCUT2D eigenvalue weighted by Gasteiger charge is 2.26. The third kappa shape index (κ3) is 3.70. The smallest absolute Gasteiger partial charge is 0.341 e. The van der Waals surface area contributed by atoms with Crippen LogP contribution in [0.5, 0.6) is 5.75 Å². The molecule has 0 fully saturated rings. The van der Waals surface area contributed by atoms with Gasteiger partial charge in [-0.05, 0) is 30.6 Å². The molecule has 0 N–H and O–H groups in total. The molecule has 1 aliphatic heterocycles. The molecule has 1 atom stereocenters. The molecule has 1 aliphatic rings. The number of benzene rings is 2. The molecular weight excluding hydrogens is 369 g/mol. The summed E-state index contributed by atoms with van der Waals surface area (Å²) in [5, 5.41) is 1.63. The number of aromatic nitrogens is 1. The Balaban J connectivity index is 1.56. The minimum Gasteiger partial charge on any atom is -0.460 e. The zero-order chi connectivity index (χ0) is 18.8. The van der Waals surface area contributed by atoms with Crippen molar-refractivity contribution in [1.82, 2.24) is 4.37 Å². The molecule has 4 rings (SSSR count). The molecule has 0 radical (unpaired) electrons. The number of hydrogen-bond acceptors (Lipinski definition) is 6. The fourth-order valence-corrected chi connectivity index (χ4v) is 3.55. The first-order valence-corrected chi connectivity index (χ1v) is 9.18. The molecule has 0 saturated heterocycles. The summed E-state index contributed by atoms with van der Waals surface area (Å²) in [4.78, 5) is 12.2. The van der Waals surface area contributed by atoms with Crippen molar-refractivity contribution in [2.24, 2.45) is 0 Å². The number of halogens is 1. The second-order valence-electron chi connectivity index (χ2n) is 6.11. The summed E-state index contributed by atoms with van der Waals surface area (Å²) in [6.07, 6.45) is -0.595. The van der Waals surface area contributed by atoms with Crippen LogP contribution in [0, 0.1) is 12.7 Å². The van der Waals surface area contributed by atoms with Crippen molar-refractivity contribution >= 4 is 17.5 Å². The molecule has 2 heterocycles. The predicted molar refractivity (Wildman–Crippen MR) is 97.0 cm³/mol. The van der Waals surface area contributed by atoms with E-state index in [2.05, 4.69) is 4.37 Å². The van der Waals surface area contributed by atoms with Crippen LogP contribution in [0.4, 0.5) is 4.39 Å². The molecule has 1 aromatic heterocycles. The summed E-state index contributed by atoms with van der Waals surface area (Å²) >= 11 is 1.19. The number of ether oxygens (including phenoxy) is 3. The van der Waals surface area contributed by atoms with Crippen LogP contribution < -0.4 is 4.74 Å². The molecule has 0 saturated carbocycles. The summed E-state index contributed by atoms with van der Waals surface area (Å²) in [7, 11) is 0. The van der Waals surface area contributed by atoms with E-state index in [4.69, 9.17) is 14.2 Å². The normalized spacial score (nSPS) is 15.7. The highest BCUT2D eigenvalue weighted by molar-refractivity contribution is 7.03. The van der Waals surface area contributed by atoms with E-state index in [1.807, 2.05) is 30.3 Å². The fourth-order valence-electron chi connectivity index (χ4n) is 2.87. The zero-order valence-corrected chi connectivity index (χ0v) is 15.3. The van der Waals surface area contributed by atoms with Gasteiger partial charge in [0.15, 0.2) is 0 Å². The Labute approximate surface area is 159 Å². The average molecular weight is 385 g/mol. The van der Waals surface area contributed by atoms with E-state index in [-0.39, 0.29) is 13.2 Å². The minimum absolute atomic E-state index is 0.101. The van der Waals surface area contributed by atoms with E-state index < -0.39 is 18.1 Å². The largest absolute Gasteiger partial charge is 0.460 e. The number of carbonyl (C=O) groups excluding carboxylic acids is 1. The maximum Gasteiger partial charge on any atom is 0.341 e. The van der Waals surface area contributed by atoms with Crippen LogP contribution >= 0.6 is 11.5 Å². The Morgan fingerprint density at radius 1 is 1.33 bits per heavy atom. The van der Waals surface area contributed by atoms with Gasteiger partial charge in [-0.3, -0.25) is 0 Å². The van der Waals surface area contributed by atoms with Gasteiger partial charge in [0.2, 0.25) is 6.29 Å². The number of fused-ring (bicyclic) bond motifs is 1. The van der Waals surface area contributed by atoms with Crippen molar-refractivity contribution in [2.45, 2.75) is 26.4 Å². The van der Waals surface area contributed by atoms with Crippen LogP contribution in [0.3, 0.4) is 0 Å². The molecule has 0 spiro atoms. The van der Waals surface area contributed by atoms with E-state index in [9.17, 15) is 9.18 Å². The van der Waals surface area contributed by atoms with Crippen molar-refractivity contribution in [2.75, 3.05) is 0 Å². The van der Waals surface area contributed by atoms with E-state index in [1.165, 1.54) is 23.7 Å². The third-order valence-electron chi connectivity index (χ3n) is 4.22. The molecule has 7 heteroatoms. The van der Waals surface area contributed by atoms with Crippen molar-refractivity contribution in [3.05, 3.63) is 81.6 Å². The predicted octanol–water partition coefficient (Wildman–Crippen LogP) is 4.56. The van der Waals surface area contributed by atoms with Crippen LogP contribution in [-0.4, -0.2) is 10.3 Å². The molecule has 0 amide bonds. The van der Waals surface area contributed by atoms with Gasteiger partial charge in [0.1, 0.15) is 18.2 Å². The van der Waals surface area contributed by atoms with Gasteiger partial charge >= 0.3 is 5.97 Å². The van der Waals surface area contributed by atoms with Crippen LogP contribution in [0.25, 0.3) is 0 Å². The lowest BCUT2D eigenvalue weighted by molar-refractivity contribution is -0.112. The first-order chi connectivity index (χ1) is 13.1. The second-order valence-corrected chi connectivity index (χ2v) is 6.74. The van der Waals surface area contributed by atoms with Gasteiger partial charge in [0, 0.05) is 22.1 Å². The van der Waals surface area contributed by atoms with E-state index in [1.54, 1.807) is 12.3 Å². The van der Waals surface area contributed by atoms with Crippen molar-refractivity contribution in [1.29, 1.82) is 0 Å². The Morgan fingerprint density at radius 2 is 2.15 bits per heavy atom. The Kier molecular flexibility index (Phi) is 4.87. The van der Waals surface area contributed by atoms with Gasteiger partial charge in [-0.1, -0.05) is 30.3 Å². The number of nitrogens with zero attached hydrogens (tertiary/aromatic N) is 1. The number of aryl methyl sites for hydroxylation is 1. The maximum absolute atomic E-state index is 14.0. The summed E-state index contributed by atoms with van der Waals surface area (Å²) < 4.78 is 35.1. The van der Waals surface area contributed by atoms with Crippen molar-refractivity contribution in [3.8, 4) is 5.75 Å². The highest BCUT2D eigenvalue weighted by Crippen LogP contribution is 2.36. The maximum atomic E-state index is 14.0. The summed E-state index contributed by atoms with van der Waals surface area (Å²) in [6, 6.07) is 12.2. The second kappa shape index (κ2) is 7.46. The number of rotatable bonds is 4. The van der Waals surface area contributed by atoms with Crippen LogP contribution in [-0.2, 0) is 22.7 Å². The molecule has 27 heavy (non-hydrogen) atoms. The lowest BCUT2D eigenvalue weighted by Crippen LogP contribution is -2.20. The molecular formula is C20H16FNO4S. The summed E-state index contributed by atoms with van der Waals surface area (Å²) in [5.41, 5.74) is 2.93. The third-order valence-corrected chi connectivity index (χ3v) is 4.94. The summed E-state index contributed by atoms with van der Waals surface area (Å²) in [5.74, 6) is -0.436. The highest BCUT2D eigenvalue weighted by atomic mass is 32.1. The first kappa shape index (κ1) is 17.6. The number of carbonyl (C=O) groups is 1. The number of hydrogen-bond donors (Lipinski definition) is 0. The molecule has 2 aromatic carbocycles. The van der Waals surface area contributed by atoms with Crippen LogP contribution in [0.1, 0.15) is 39.0 Å². The van der Waals surface area contributed by atoms with Crippen LogP contribution in [0.2, 0.25) is 0 Å². The fraction of sp³-hybridized carbons (Fsp3) is 0.200. The Morgan fingerprint density at radius 3 is 2.89 bits per heavy atom. The lowest BCUT2D eigenvalue weighted by atomic mass is 10.1. The molecule has 0 aliphatic carbocycles.